The predicted molar refractivity (Wildman–Crippen MR) is 46.5 cm³/mol. The predicted octanol–water partition coefficient (Wildman–Crippen LogP) is -0.351. The van der Waals surface area contributed by atoms with Crippen LogP contribution in [0.4, 0.5) is 0 Å². The molecule has 2 heterocycles. The lowest BCUT2D eigenvalue weighted by atomic mass is 10.4. The molecule has 2 fully saturated rings. The van der Waals surface area contributed by atoms with Crippen molar-refractivity contribution in [2.45, 2.75) is 18.2 Å². The fourth-order valence-electron chi connectivity index (χ4n) is 0.913. The van der Waals surface area contributed by atoms with E-state index < -0.39 is 5.97 Å². The molecule has 14 heavy (non-hydrogen) atoms. The van der Waals surface area contributed by atoms with E-state index in [4.69, 9.17) is 18.9 Å². The van der Waals surface area contributed by atoms with E-state index in [1.807, 2.05) is 0 Å². The van der Waals surface area contributed by atoms with Gasteiger partial charge in [0.15, 0.2) is 0 Å². The second-order valence-corrected chi connectivity index (χ2v) is 3.37. The summed E-state index contributed by atoms with van der Waals surface area (Å²) in [5.74, 6) is -1.71. The van der Waals surface area contributed by atoms with Gasteiger partial charge in [-0.25, -0.2) is 0 Å². The van der Waals surface area contributed by atoms with E-state index in [0.29, 0.717) is 26.4 Å². The average molecular weight is 202 g/mol. The Kier molecular flexibility index (Phi) is 2.85. The van der Waals surface area contributed by atoms with Crippen LogP contribution in [0.5, 0.6) is 0 Å². The standard InChI is InChI=1S/C9H14O5/c1-2-9(10,13-5-7-3-11-7)14-6-8-4-12-8/h2,7-8,10H,1,3-6H2. The van der Waals surface area contributed by atoms with Crippen molar-refractivity contribution >= 4 is 0 Å². The Bertz CT molecular complexity index is 193. The van der Waals surface area contributed by atoms with Gasteiger partial charge in [-0.3, -0.25) is 0 Å². The van der Waals surface area contributed by atoms with Crippen LogP contribution in [0.25, 0.3) is 0 Å². The van der Waals surface area contributed by atoms with Gasteiger partial charge in [0.1, 0.15) is 12.2 Å². The minimum Gasteiger partial charge on any atom is -0.371 e. The molecule has 0 spiro atoms. The molecule has 0 amide bonds. The van der Waals surface area contributed by atoms with Crippen LogP contribution >= 0.6 is 0 Å². The second-order valence-electron chi connectivity index (χ2n) is 3.37. The molecule has 0 radical (unpaired) electrons. The highest BCUT2D eigenvalue weighted by atomic mass is 16.8. The summed E-state index contributed by atoms with van der Waals surface area (Å²) in [6, 6.07) is 0. The lowest BCUT2D eigenvalue weighted by Gasteiger charge is -2.23. The third-order valence-corrected chi connectivity index (χ3v) is 2.01. The summed E-state index contributed by atoms with van der Waals surface area (Å²) in [7, 11) is 0. The first-order valence-electron chi connectivity index (χ1n) is 4.59. The zero-order valence-electron chi connectivity index (χ0n) is 7.85. The number of epoxide rings is 2. The van der Waals surface area contributed by atoms with Gasteiger partial charge in [-0.2, -0.15) is 0 Å². The second kappa shape index (κ2) is 3.96. The van der Waals surface area contributed by atoms with Crippen LogP contribution in [0.3, 0.4) is 0 Å². The first-order chi connectivity index (χ1) is 6.72. The van der Waals surface area contributed by atoms with Gasteiger partial charge in [0.2, 0.25) is 0 Å². The van der Waals surface area contributed by atoms with Crippen molar-refractivity contribution in [3.63, 3.8) is 0 Å². The largest absolute Gasteiger partial charge is 0.371 e. The molecule has 2 aliphatic rings. The molecule has 2 atom stereocenters. The van der Waals surface area contributed by atoms with E-state index in [9.17, 15) is 5.11 Å². The summed E-state index contributed by atoms with van der Waals surface area (Å²) in [4.78, 5) is 0. The van der Waals surface area contributed by atoms with Crippen LogP contribution in [-0.4, -0.2) is 49.7 Å². The van der Waals surface area contributed by atoms with E-state index in [-0.39, 0.29) is 12.2 Å². The fraction of sp³-hybridized carbons (Fsp3) is 0.778. The lowest BCUT2D eigenvalue weighted by Crippen LogP contribution is -2.35. The van der Waals surface area contributed by atoms with Crippen LogP contribution < -0.4 is 0 Å². The molecule has 2 rings (SSSR count). The molecule has 2 unspecified atom stereocenters. The molecule has 0 aromatic rings. The van der Waals surface area contributed by atoms with Crippen LogP contribution in [0.2, 0.25) is 0 Å². The summed E-state index contributed by atoms with van der Waals surface area (Å²) < 4.78 is 20.1. The van der Waals surface area contributed by atoms with Crippen molar-refractivity contribution in [3.8, 4) is 0 Å². The molecule has 2 saturated heterocycles. The van der Waals surface area contributed by atoms with Crippen LogP contribution in [-0.2, 0) is 18.9 Å². The Balaban J connectivity index is 1.70. The van der Waals surface area contributed by atoms with Crippen molar-refractivity contribution in [3.05, 3.63) is 12.7 Å². The van der Waals surface area contributed by atoms with Crippen molar-refractivity contribution in [1.29, 1.82) is 0 Å². The Morgan fingerprint density at radius 3 is 2.00 bits per heavy atom. The highest BCUT2D eigenvalue weighted by Gasteiger charge is 2.33. The van der Waals surface area contributed by atoms with Gasteiger partial charge >= 0.3 is 5.97 Å². The summed E-state index contributed by atoms with van der Waals surface area (Å²) in [6.07, 6.45) is 1.39. The molecule has 5 heteroatoms. The molecule has 0 aliphatic carbocycles. The first kappa shape index (κ1) is 10.1. The van der Waals surface area contributed by atoms with Gasteiger partial charge in [-0.15, -0.1) is 0 Å². The van der Waals surface area contributed by atoms with Crippen molar-refractivity contribution < 1.29 is 24.1 Å². The number of rotatable bonds is 7. The normalized spacial score (nSPS) is 33.5. The van der Waals surface area contributed by atoms with Crippen molar-refractivity contribution in [2.75, 3.05) is 26.4 Å². The van der Waals surface area contributed by atoms with E-state index in [1.54, 1.807) is 0 Å². The van der Waals surface area contributed by atoms with Crippen LogP contribution in [0.1, 0.15) is 0 Å². The molecule has 1 N–H and O–H groups in total. The molecule has 2 aliphatic heterocycles. The van der Waals surface area contributed by atoms with Crippen LogP contribution in [0.15, 0.2) is 12.7 Å². The maximum atomic E-state index is 9.70. The molecule has 80 valence electrons. The van der Waals surface area contributed by atoms with Gasteiger partial charge in [0.25, 0.3) is 0 Å². The van der Waals surface area contributed by atoms with E-state index >= 15 is 0 Å². The fourth-order valence-corrected chi connectivity index (χ4v) is 0.913. The smallest absolute Gasteiger partial charge is 0.302 e. The van der Waals surface area contributed by atoms with E-state index in [2.05, 4.69) is 6.58 Å². The molecule has 0 bridgehead atoms. The zero-order valence-corrected chi connectivity index (χ0v) is 7.85. The molecular weight excluding hydrogens is 188 g/mol. The van der Waals surface area contributed by atoms with Gasteiger partial charge in [-0.05, 0) is 6.08 Å². The number of aliphatic hydroxyl groups is 1. The summed E-state index contributed by atoms with van der Waals surface area (Å²) in [5.41, 5.74) is 0. The Morgan fingerprint density at radius 1 is 1.29 bits per heavy atom. The minimum absolute atomic E-state index is 0.0854. The van der Waals surface area contributed by atoms with Crippen LogP contribution in [0, 0.1) is 0 Å². The topological polar surface area (TPSA) is 63.8 Å². The van der Waals surface area contributed by atoms with Crippen molar-refractivity contribution in [1.82, 2.24) is 0 Å². The molecule has 5 nitrogen and oxygen atoms in total. The molecule has 0 aromatic heterocycles. The van der Waals surface area contributed by atoms with Gasteiger partial charge in [0, 0.05) is 0 Å². The average Bonchev–Trinajstić information content (AvgIpc) is 3.05. The number of hydrogen-bond acceptors (Lipinski definition) is 5. The van der Waals surface area contributed by atoms with E-state index in [1.165, 1.54) is 6.08 Å². The number of ether oxygens (including phenoxy) is 4. The highest BCUT2D eigenvalue weighted by Crippen LogP contribution is 2.19. The monoisotopic (exact) mass is 202 g/mol. The maximum absolute atomic E-state index is 9.70. The molecule has 0 aromatic carbocycles. The molecular formula is C9H14O5. The third kappa shape index (κ3) is 3.04. The summed E-state index contributed by atoms with van der Waals surface area (Å²) >= 11 is 0. The number of hydrogen-bond donors (Lipinski definition) is 1. The SMILES string of the molecule is C=CC(O)(OCC1CO1)OCC1CO1. The Labute approximate surface area is 82.2 Å². The highest BCUT2D eigenvalue weighted by molar-refractivity contribution is 4.82. The quantitative estimate of drug-likeness (QED) is 0.347. The third-order valence-electron chi connectivity index (χ3n) is 2.01. The minimum atomic E-state index is -1.71. The van der Waals surface area contributed by atoms with Gasteiger partial charge in [-0.1, -0.05) is 6.58 Å². The lowest BCUT2D eigenvalue weighted by molar-refractivity contribution is -0.329. The van der Waals surface area contributed by atoms with Gasteiger partial charge < -0.3 is 24.1 Å². The molecule has 0 saturated carbocycles. The Hall–Kier alpha value is -0.460. The van der Waals surface area contributed by atoms with E-state index in [0.717, 1.165) is 0 Å². The maximum Gasteiger partial charge on any atom is 0.302 e. The van der Waals surface area contributed by atoms with Crippen molar-refractivity contribution in [2.24, 2.45) is 0 Å². The van der Waals surface area contributed by atoms with Gasteiger partial charge in [0.05, 0.1) is 26.4 Å². The zero-order chi connectivity index (χ0) is 10.0. The summed E-state index contributed by atoms with van der Waals surface area (Å²) in [6.45, 7) is 5.43. The summed E-state index contributed by atoms with van der Waals surface area (Å²) in [5, 5.41) is 9.70. The first-order valence-corrected chi connectivity index (χ1v) is 4.59. The Morgan fingerprint density at radius 2 is 1.71 bits per heavy atom.